The number of nitrogens with one attached hydrogen (secondary N) is 1. The lowest BCUT2D eigenvalue weighted by atomic mass is 10.1. The Morgan fingerprint density at radius 2 is 2.53 bits per heavy atom. The maximum atomic E-state index is 4.15. The molecule has 0 aliphatic carbocycles. The third-order valence-corrected chi connectivity index (χ3v) is 4.26. The van der Waals surface area contributed by atoms with Crippen molar-refractivity contribution in [2.45, 2.75) is 31.6 Å². The van der Waals surface area contributed by atoms with Gasteiger partial charge in [-0.3, -0.25) is 4.98 Å². The monoisotopic (exact) mass is 222 g/mol. The van der Waals surface area contributed by atoms with Gasteiger partial charge < -0.3 is 5.32 Å². The first kappa shape index (κ1) is 11.0. The summed E-state index contributed by atoms with van der Waals surface area (Å²) in [6.07, 6.45) is 6.59. The molecule has 0 spiro atoms. The average Bonchev–Trinajstić information content (AvgIpc) is 2.74. The van der Waals surface area contributed by atoms with Crippen LogP contribution in [0.3, 0.4) is 0 Å². The Balaban J connectivity index is 1.75. The van der Waals surface area contributed by atoms with Gasteiger partial charge in [-0.1, -0.05) is 0 Å². The van der Waals surface area contributed by atoms with Crippen LogP contribution >= 0.6 is 11.8 Å². The van der Waals surface area contributed by atoms with E-state index < -0.39 is 0 Å². The van der Waals surface area contributed by atoms with E-state index in [9.17, 15) is 0 Å². The van der Waals surface area contributed by atoms with Gasteiger partial charge in [0.2, 0.25) is 0 Å². The van der Waals surface area contributed by atoms with E-state index in [1.165, 1.54) is 29.7 Å². The number of hydrogen-bond donors (Lipinski definition) is 1. The van der Waals surface area contributed by atoms with Gasteiger partial charge in [-0.2, -0.15) is 11.8 Å². The lowest BCUT2D eigenvalue weighted by Gasteiger charge is -2.10. The molecule has 1 unspecified atom stereocenters. The Bertz CT molecular complexity index is 308. The molecule has 1 atom stereocenters. The van der Waals surface area contributed by atoms with Crippen LogP contribution in [-0.2, 0) is 6.54 Å². The SMILES string of the molecule is Cc1ccncc1CNCC1CCCS1. The largest absolute Gasteiger partial charge is 0.312 e. The Morgan fingerprint density at radius 1 is 1.60 bits per heavy atom. The summed E-state index contributed by atoms with van der Waals surface area (Å²) in [7, 11) is 0. The molecular weight excluding hydrogens is 204 g/mol. The van der Waals surface area contributed by atoms with Crippen molar-refractivity contribution in [3.8, 4) is 0 Å². The summed E-state index contributed by atoms with van der Waals surface area (Å²) in [4.78, 5) is 4.15. The van der Waals surface area contributed by atoms with Crippen LogP contribution in [0, 0.1) is 6.92 Å². The van der Waals surface area contributed by atoms with Crippen LogP contribution in [0.2, 0.25) is 0 Å². The van der Waals surface area contributed by atoms with E-state index in [2.05, 4.69) is 35.1 Å². The van der Waals surface area contributed by atoms with Crippen molar-refractivity contribution >= 4 is 11.8 Å². The fourth-order valence-electron chi connectivity index (χ4n) is 1.85. The van der Waals surface area contributed by atoms with E-state index in [1.807, 2.05) is 12.4 Å². The van der Waals surface area contributed by atoms with Gasteiger partial charge in [-0.05, 0) is 42.7 Å². The molecule has 0 saturated carbocycles. The molecular formula is C12H18N2S. The van der Waals surface area contributed by atoms with Crippen LogP contribution < -0.4 is 5.32 Å². The molecule has 0 aromatic carbocycles. The summed E-state index contributed by atoms with van der Waals surface area (Å²) in [5.74, 6) is 1.35. The summed E-state index contributed by atoms with van der Waals surface area (Å²) in [5, 5.41) is 4.36. The van der Waals surface area contributed by atoms with Crippen molar-refractivity contribution < 1.29 is 0 Å². The molecule has 2 nitrogen and oxygen atoms in total. The Labute approximate surface area is 95.9 Å². The third-order valence-electron chi connectivity index (χ3n) is 2.86. The number of aryl methyl sites for hydroxylation is 1. The number of nitrogens with zero attached hydrogens (tertiary/aromatic N) is 1. The molecule has 2 heterocycles. The van der Waals surface area contributed by atoms with Crippen molar-refractivity contribution in [3.63, 3.8) is 0 Å². The highest BCUT2D eigenvalue weighted by atomic mass is 32.2. The van der Waals surface area contributed by atoms with Gasteiger partial charge in [-0.15, -0.1) is 0 Å². The van der Waals surface area contributed by atoms with Gasteiger partial charge >= 0.3 is 0 Å². The minimum atomic E-state index is 0.835. The van der Waals surface area contributed by atoms with Gasteiger partial charge in [0.05, 0.1) is 0 Å². The maximum absolute atomic E-state index is 4.15. The van der Waals surface area contributed by atoms with Crippen molar-refractivity contribution in [1.29, 1.82) is 0 Å². The molecule has 15 heavy (non-hydrogen) atoms. The summed E-state index contributed by atoms with van der Waals surface area (Å²) >= 11 is 2.10. The van der Waals surface area contributed by atoms with Crippen LogP contribution in [0.4, 0.5) is 0 Å². The molecule has 82 valence electrons. The molecule has 0 bridgehead atoms. The molecule has 1 aliphatic heterocycles. The van der Waals surface area contributed by atoms with E-state index in [4.69, 9.17) is 0 Å². The zero-order valence-corrected chi connectivity index (χ0v) is 10.0. The van der Waals surface area contributed by atoms with E-state index in [0.717, 1.165) is 18.3 Å². The van der Waals surface area contributed by atoms with Crippen molar-refractivity contribution in [1.82, 2.24) is 10.3 Å². The van der Waals surface area contributed by atoms with Crippen molar-refractivity contribution in [3.05, 3.63) is 29.6 Å². The lowest BCUT2D eigenvalue weighted by molar-refractivity contribution is 0.643. The minimum absolute atomic E-state index is 0.835. The summed E-state index contributed by atoms with van der Waals surface area (Å²) < 4.78 is 0. The third kappa shape index (κ3) is 3.21. The van der Waals surface area contributed by atoms with Crippen LogP contribution in [0.15, 0.2) is 18.5 Å². The Hall–Kier alpha value is -0.540. The highest BCUT2D eigenvalue weighted by Gasteiger charge is 2.14. The predicted octanol–water partition coefficient (Wildman–Crippen LogP) is 2.38. The van der Waals surface area contributed by atoms with E-state index >= 15 is 0 Å². The topological polar surface area (TPSA) is 24.9 Å². The summed E-state index contributed by atoms with van der Waals surface area (Å²) in [5.41, 5.74) is 2.65. The fourth-order valence-corrected chi connectivity index (χ4v) is 3.09. The first-order valence-corrected chi connectivity index (χ1v) is 6.63. The number of aromatic nitrogens is 1. The van der Waals surface area contributed by atoms with Crippen LogP contribution in [0.25, 0.3) is 0 Å². The number of thioether (sulfide) groups is 1. The van der Waals surface area contributed by atoms with Gasteiger partial charge in [-0.25, -0.2) is 0 Å². The normalized spacial score (nSPS) is 20.7. The van der Waals surface area contributed by atoms with Gasteiger partial charge in [0.25, 0.3) is 0 Å². The second-order valence-corrected chi connectivity index (χ2v) is 5.48. The Kier molecular flexibility index (Phi) is 4.03. The summed E-state index contributed by atoms with van der Waals surface area (Å²) in [6.45, 7) is 4.23. The molecule has 1 N–H and O–H groups in total. The number of rotatable bonds is 4. The van der Waals surface area contributed by atoms with Crippen molar-refractivity contribution in [2.75, 3.05) is 12.3 Å². The predicted molar refractivity (Wildman–Crippen MR) is 66.2 cm³/mol. The van der Waals surface area contributed by atoms with Gasteiger partial charge in [0, 0.05) is 30.7 Å². The van der Waals surface area contributed by atoms with Crippen LogP contribution in [0.5, 0.6) is 0 Å². The zero-order chi connectivity index (χ0) is 10.5. The van der Waals surface area contributed by atoms with Crippen molar-refractivity contribution in [2.24, 2.45) is 0 Å². The van der Waals surface area contributed by atoms with Crippen LogP contribution in [0.1, 0.15) is 24.0 Å². The quantitative estimate of drug-likeness (QED) is 0.846. The van der Waals surface area contributed by atoms with E-state index in [-0.39, 0.29) is 0 Å². The second kappa shape index (κ2) is 5.52. The first-order chi connectivity index (χ1) is 7.36. The molecule has 0 amide bonds. The van der Waals surface area contributed by atoms with Gasteiger partial charge in [0.15, 0.2) is 0 Å². The average molecular weight is 222 g/mol. The lowest BCUT2D eigenvalue weighted by Crippen LogP contribution is -2.23. The molecule has 2 rings (SSSR count). The minimum Gasteiger partial charge on any atom is -0.312 e. The van der Waals surface area contributed by atoms with Gasteiger partial charge in [0.1, 0.15) is 0 Å². The van der Waals surface area contributed by atoms with E-state index in [1.54, 1.807) is 0 Å². The highest BCUT2D eigenvalue weighted by molar-refractivity contribution is 8.00. The smallest absolute Gasteiger partial charge is 0.0315 e. The highest BCUT2D eigenvalue weighted by Crippen LogP contribution is 2.25. The molecule has 1 aliphatic rings. The Morgan fingerprint density at radius 3 is 3.27 bits per heavy atom. The standard InChI is InChI=1S/C12H18N2S/c1-10-4-5-13-7-11(10)8-14-9-12-3-2-6-15-12/h4-5,7,12,14H,2-3,6,8-9H2,1H3. The molecule has 1 saturated heterocycles. The zero-order valence-electron chi connectivity index (χ0n) is 9.20. The molecule has 0 radical (unpaired) electrons. The molecule has 1 aromatic heterocycles. The molecule has 3 heteroatoms. The summed E-state index contributed by atoms with van der Waals surface area (Å²) in [6, 6.07) is 2.07. The van der Waals surface area contributed by atoms with E-state index in [0.29, 0.717) is 0 Å². The number of pyridine rings is 1. The number of hydrogen-bond acceptors (Lipinski definition) is 3. The first-order valence-electron chi connectivity index (χ1n) is 5.58. The fraction of sp³-hybridized carbons (Fsp3) is 0.583. The van der Waals surface area contributed by atoms with Crippen LogP contribution in [-0.4, -0.2) is 22.5 Å². The second-order valence-electron chi connectivity index (χ2n) is 4.07. The molecule has 1 fully saturated rings. The maximum Gasteiger partial charge on any atom is 0.0315 e. The molecule has 1 aromatic rings.